The number of benzene rings is 3. The van der Waals surface area contributed by atoms with Crippen LogP contribution in [0.5, 0.6) is 5.75 Å². The molecule has 2 fully saturated rings. The van der Waals surface area contributed by atoms with Gasteiger partial charge in [0.05, 0.1) is 31.1 Å². The van der Waals surface area contributed by atoms with E-state index in [9.17, 15) is 58.2 Å². The molecule has 0 unspecified atom stereocenters. The van der Waals surface area contributed by atoms with E-state index in [1.807, 2.05) is 26.0 Å². The third-order valence-electron chi connectivity index (χ3n) is 23.3. The maximum atomic E-state index is 15.8. The summed E-state index contributed by atoms with van der Waals surface area (Å²) in [6.07, 6.45) is 6.93. The van der Waals surface area contributed by atoms with Gasteiger partial charge in [-0.2, -0.15) is 0 Å². The molecule has 17 amide bonds. The minimum atomic E-state index is -1.60. The number of aromatic nitrogens is 4. The molecule has 2 saturated heterocycles. The van der Waals surface area contributed by atoms with Crippen molar-refractivity contribution in [3.05, 3.63) is 145 Å². The third kappa shape index (κ3) is 30.8. The maximum Gasteiger partial charge on any atom is 0.245 e. The number of aliphatic hydroxyl groups excluding tert-OH is 1. The van der Waals surface area contributed by atoms with Gasteiger partial charge in [-0.3, -0.25) is 81.5 Å². The van der Waals surface area contributed by atoms with E-state index in [2.05, 4.69) is 91.6 Å². The number of unbranched alkanes of at least 4 members (excludes halogenated alkanes) is 2. The van der Waals surface area contributed by atoms with Crippen LogP contribution in [0.1, 0.15) is 147 Å². The lowest BCUT2D eigenvalue weighted by molar-refractivity contribution is -0.149. The summed E-state index contributed by atoms with van der Waals surface area (Å²) in [5.74, 6) is -15.9. The Balaban J connectivity index is 1.15. The summed E-state index contributed by atoms with van der Waals surface area (Å²) in [5, 5.41) is 52.4. The van der Waals surface area contributed by atoms with Gasteiger partial charge in [-0.05, 0) is 98.7 Å². The first-order chi connectivity index (χ1) is 63.4. The molecule has 5 heterocycles. The minimum Gasteiger partial charge on any atom is -0.508 e. The summed E-state index contributed by atoms with van der Waals surface area (Å²) in [7, 11) is 4.01. The number of aromatic amines is 3. The highest BCUT2D eigenvalue weighted by molar-refractivity contribution is 8.00. The number of nitrogens with two attached hydrogens (primary N) is 2. The molecule has 14 atom stereocenters. The summed E-state index contributed by atoms with van der Waals surface area (Å²) in [5.41, 5.74) is 14.3. The molecular formula is C92H127N21O19S. The molecule has 40 nitrogen and oxygen atoms in total. The fourth-order valence-corrected chi connectivity index (χ4v) is 16.7. The predicted molar refractivity (Wildman–Crippen MR) is 495 cm³/mol. The lowest BCUT2D eigenvalue weighted by atomic mass is 9.99. The van der Waals surface area contributed by atoms with Crippen LogP contribution < -0.4 is 70.0 Å². The number of aromatic hydroxyl groups is 1. The zero-order valence-corrected chi connectivity index (χ0v) is 77.2. The van der Waals surface area contributed by atoms with Gasteiger partial charge in [0.25, 0.3) is 0 Å². The lowest BCUT2D eigenvalue weighted by Crippen LogP contribution is -2.61. The molecule has 720 valence electrons. The number of hydrogen-bond donors (Lipinski definition) is 18. The molecule has 41 heteroatoms. The van der Waals surface area contributed by atoms with Gasteiger partial charge in [0.15, 0.2) is 0 Å². The number of primary amides is 2. The number of likely N-dealkylation sites (N-methyl/N-ethyl adjacent to an activating group) is 3. The Morgan fingerprint density at radius 1 is 0.564 bits per heavy atom. The van der Waals surface area contributed by atoms with Crippen LogP contribution >= 0.6 is 11.8 Å². The zero-order chi connectivity index (χ0) is 97.3. The van der Waals surface area contributed by atoms with E-state index >= 15 is 33.6 Å². The molecule has 0 radical (unpaired) electrons. The number of fused-ring (bicyclic) bond motifs is 3. The second-order valence-corrected chi connectivity index (χ2v) is 35.0. The van der Waals surface area contributed by atoms with Gasteiger partial charge >= 0.3 is 0 Å². The van der Waals surface area contributed by atoms with E-state index < -0.39 is 216 Å². The van der Waals surface area contributed by atoms with Gasteiger partial charge in [-0.25, -0.2) is 4.98 Å². The molecule has 0 bridgehead atoms. The first kappa shape index (κ1) is 105. The number of imidazole rings is 1. The molecule has 20 N–H and O–H groups in total. The van der Waals surface area contributed by atoms with Crippen LogP contribution in [0.15, 0.2) is 123 Å². The average Bonchev–Trinajstić information content (AvgIpc) is 1.74. The van der Waals surface area contributed by atoms with Gasteiger partial charge in [0.2, 0.25) is 100 Å². The molecule has 6 aromatic rings. The number of carbonyl (C=O) groups is 17. The van der Waals surface area contributed by atoms with E-state index in [1.54, 1.807) is 62.6 Å². The van der Waals surface area contributed by atoms with Crippen molar-refractivity contribution < 1.29 is 91.7 Å². The SMILES string of the molecule is C=CC[C@@H]1NC(=O)[C@H](Cc2c[nH]c3ccccc23)NC(=O)[C@@H]2C[C@@H](O)CN2C(=O)[C@H](CC(C)C)NC(=O)[C@H](Cc2cnc[nH]2)NC(=O)CCCCNC(=O)[C@H](CC(N)=O)NC(=O)[C@H](C)N(C)C(=O)[C@H](Cc2ccc(O)cc2)NC(=O)CSC[C@@H](C(=O)NCC(N)=O)NC(=O)[C@H](CC=C)NC(=O)[C@H](CCCC)N(C)C(=O)[C@H](CCCC)N(C)C(=O)[C@H](Cc2c[nH]c3ccccc23)NC1=O. The predicted octanol–water partition coefficient (Wildman–Crippen LogP) is 0.263. The topological polar surface area (TPSA) is 588 Å². The number of phenols is 1. The molecule has 8 rings (SSSR count). The molecule has 0 saturated carbocycles. The van der Waals surface area contributed by atoms with Crippen LogP contribution in [0.2, 0.25) is 0 Å². The van der Waals surface area contributed by atoms with Crippen LogP contribution in [0.4, 0.5) is 0 Å². The van der Waals surface area contributed by atoms with Gasteiger partial charge in [-0.15, -0.1) is 24.9 Å². The van der Waals surface area contributed by atoms with Gasteiger partial charge in [0.1, 0.15) is 84.3 Å². The smallest absolute Gasteiger partial charge is 0.245 e. The Morgan fingerprint density at radius 3 is 1.68 bits per heavy atom. The van der Waals surface area contributed by atoms with E-state index in [4.69, 9.17) is 11.5 Å². The Bertz CT molecular complexity index is 5100. The van der Waals surface area contributed by atoms with Crippen molar-refractivity contribution in [2.45, 2.75) is 235 Å². The number of hydrogen-bond acceptors (Lipinski definition) is 21. The number of phenolic OH excluding ortho intramolecular Hbond substituents is 1. The summed E-state index contributed by atoms with van der Waals surface area (Å²) >= 11 is 0.792. The fourth-order valence-electron chi connectivity index (χ4n) is 15.8. The Hall–Kier alpha value is -13.5. The number of thioether (sulfide) groups is 1. The maximum absolute atomic E-state index is 15.8. The van der Waals surface area contributed by atoms with E-state index in [-0.39, 0.29) is 102 Å². The van der Waals surface area contributed by atoms with Crippen LogP contribution in [0, 0.1) is 5.92 Å². The first-order valence-corrected chi connectivity index (χ1v) is 45.9. The Labute approximate surface area is 775 Å². The third-order valence-corrected chi connectivity index (χ3v) is 24.3. The molecule has 133 heavy (non-hydrogen) atoms. The van der Waals surface area contributed by atoms with Crippen molar-refractivity contribution >= 4 is 134 Å². The highest BCUT2D eigenvalue weighted by Gasteiger charge is 2.45. The van der Waals surface area contributed by atoms with Crippen LogP contribution in [0.3, 0.4) is 0 Å². The van der Waals surface area contributed by atoms with Crippen LogP contribution in [-0.4, -0.2) is 287 Å². The van der Waals surface area contributed by atoms with Crippen molar-refractivity contribution in [3.8, 4) is 5.75 Å². The van der Waals surface area contributed by atoms with Crippen molar-refractivity contribution in [1.82, 2.24) is 98.0 Å². The van der Waals surface area contributed by atoms with Gasteiger partial charge in [-0.1, -0.05) is 114 Å². The molecule has 3 aromatic carbocycles. The second kappa shape index (κ2) is 51.4. The largest absolute Gasteiger partial charge is 0.508 e. The highest BCUT2D eigenvalue weighted by Crippen LogP contribution is 2.27. The number of H-pyrrole nitrogens is 3. The lowest BCUT2D eigenvalue weighted by Gasteiger charge is -2.36. The summed E-state index contributed by atoms with van der Waals surface area (Å²) in [6, 6.07) is 0.992. The molecule has 0 spiro atoms. The normalized spacial score (nSPS) is 24.2. The Morgan fingerprint density at radius 2 is 1.09 bits per heavy atom. The van der Waals surface area contributed by atoms with E-state index in [0.29, 0.717) is 69.9 Å². The van der Waals surface area contributed by atoms with Crippen LogP contribution in [0.25, 0.3) is 21.8 Å². The summed E-state index contributed by atoms with van der Waals surface area (Å²) in [4.78, 5) is 264. The molecule has 0 aliphatic carbocycles. The summed E-state index contributed by atoms with van der Waals surface area (Å²) < 4.78 is 0. The van der Waals surface area contributed by atoms with Gasteiger partial charge < -0.3 is 115 Å². The number of para-hydroxylation sites is 2. The molecular weight excluding hydrogens is 1740 g/mol. The quantitative estimate of drug-likeness (QED) is 0.0342. The second-order valence-electron chi connectivity index (χ2n) is 34.0. The fraction of sp³-hybridized carbons (Fsp3) is 0.500. The monoisotopic (exact) mass is 1860 g/mol. The molecule has 2 aliphatic rings. The van der Waals surface area contributed by atoms with Crippen LogP contribution in [-0.2, 0) is 107 Å². The number of carbonyl (C=O) groups excluding carboxylic acids is 17. The minimum absolute atomic E-state index is 0.0135. The average molecular weight is 1860 g/mol. The van der Waals surface area contributed by atoms with Crippen molar-refractivity contribution in [3.63, 3.8) is 0 Å². The van der Waals surface area contributed by atoms with Crippen molar-refractivity contribution in [2.75, 3.05) is 52.3 Å². The number of amides is 17. The van der Waals surface area contributed by atoms with Crippen molar-refractivity contribution in [2.24, 2.45) is 17.4 Å². The zero-order valence-electron chi connectivity index (χ0n) is 76.4. The highest BCUT2D eigenvalue weighted by atomic mass is 32.2. The number of aliphatic hydroxyl groups is 1. The number of nitrogens with one attached hydrogen (secondary N) is 14. The Kier molecular flexibility index (Phi) is 40.5. The van der Waals surface area contributed by atoms with E-state index in [0.717, 1.165) is 21.6 Å². The number of nitrogens with zero attached hydrogens (tertiary/aromatic N) is 5. The first-order valence-electron chi connectivity index (χ1n) is 44.7. The summed E-state index contributed by atoms with van der Waals surface area (Å²) in [6.45, 7) is 15.1. The molecule has 2 aliphatic heterocycles. The number of rotatable bonds is 25. The molecule has 3 aromatic heterocycles. The standard InChI is InChI=1S/C92H127N21O19S/c1-11-15-29-73-87(127)104-65(24-14-4)84(124)109-72(82(122)99-47-77(94)117)49-133-50-79(119)102-70(38-54-32-34-58(114)35-33-54)89(129)110(8)53(7)80(120)105-68(43-76(93)116)81(121)96-36-22-21-31-78(118)101-67(41-57-46-95-51-100-57)86(126)107-69(37-52(5)6)91(131)113-48-59(115)42-75(113)88(128)106-66(39-55-44-97-62-27-19-17-25-60(55)62)85(125)103-64(23-13-3)83(123)108-71(40-56-45-98-63-28-20-18-26-61(56)63)90(130)112(10)74(30-16-12-2)92(132)111(73)9/h13-14,17-20,25-28,32-35,44-46,51-53,59,64-75,97-98,114-115H,3-4,11-12,15-16,21-24,29-31,36-43,47-50H2,1-2,5-10H3,(H2,93,116)(H2,94,117)(H,95,100)(H,96,121)(H,99,122)(H,101,118)(H,102,119)(H,103,125)(H,104,127)(H,105,120)(H,106,128)(H,107,126)(H,108,123)(H,109,124)/t53-,59+,64-,65-,66-,67-,68-,69-,70-,71-,72-,73-,74-,75-/m0/s1. The van der Waals surface area contributed by atoms with E-state index in [1.165, 1.54) is 86.8 Å². The van der Waals surface area contributed by atoms with Crippen molar-refractivity contribution in [1.29, 1.82) is 0 Å². The van der Waals surface area contributed by atoms with Gasteiger partial charge in [0, 0.05) is 125 Å².